The maximum atomic E-state index is 10.5. The fourth-order valence-corrected chi connectivity index (χ4v) is 1.56. The summed E-state index contributed by atoms with van der Waals surface area (Å²) in [5, 5.41) is 7.96. The fraction of sp³-hybridized carbons (Fsp3) is 0.917. The van der Waals surface area contributed by atoms with Gasteiger partial charge in [0.2, 0.25) is 11.8 Å². The lowest BCUT2D eigenvalue weighted by Gasteiger charge is -2.23. The molecule has 0 heterocycles. The Labute approximate surface area is 265 Å². The van der Waals surface area contributed by atoms with Crippen molar-refractivity contribution in [1.82, 2.24) is 16.0 Å². The molecule has 0 spiro atoms. The predicted octanol–water partition coefficient (Wildman–Crippen LogP) is -2.83. The molecule has 44 heavy (non-hydrogen) atoms. The summed E-state index contributed by atoms with van der Waals surface area (Å²) in [5.41, 5.74) is 0. The first-order valence-corrected chi connectivity index (χ1v) is 13.9. The zero-order valence-electron chi connectivity index (χ0n) is 28.9. The summed E-state index contributed by atoms with van der Waals surface area (Å²) in [7, 11) is 9.70. The Bertz CT molecular complexity index is 477. The molecular weight excluding hydrogens is 586 g/mol. The van der Waals surface area contributed by atoms with E-state index in [1.165, 1.54) is 14.0 Å². The molecule has 0 fully saturated rings. The zero-order valence-corrected chi connectivity index (χ0v) is 28.9. The van der Waals surface area contributed by atoms with Crippen LogP contribution in [0.1, 0.15) is 47.0 Å². The number of carbonyl (C=O) groups excluding carboxylic acids is 2. The number of likely N-dealkylation sites (N-methyl/N-ethyl adjacent to an activating group) is 1. The lowest BCUT2D eigenvalue weighted by atomic mass is 10.4. The van der Waals surface area contributed by atoms with Crippen molar-refractivity contribution in [3.05, 3.63) is 0 Å². The van der Waals surface area contributed by atoms with Crippen LogP contribution in [0.4, 0.5) is 0 Å². The van der Waals surface area contributed by atoms with E-state index in [9.17, 15) is 9.59 Å². The number of carbonyl (C=O) groups is 2. The van der Waals surface area contributed by atoms with Gasteiger partial charge < -0.3 is 54.3 Å². The van der Waals surface area contributed by atoms with E-state index in [-0.39, 0.29) is 11.8 Å². The van der Waals surface area contributed by atoms with Crippen LogP contribution in [0.25, 0.3) is 0 Å². The van der Waals surface area contributed by atoms with Crippen LogP contribution in [0.5, 0.6) is 0 Å². The minimum absolute atomic E-state index is 0.0204. The highest BCUT2D eigenvalue weighted by molar-refractivity contribution is 5.75. The van der Waals surface area contributed by atoms with Crippen LogP contribution in [-0.4, -0.2) is 117 Å². The first-order chi connectivity index (χ1) is 20.8. The lowest BCUT2D eigenvalue weighted by molar-refractivity contribution is -0.870. The molecule has 0 aliphatic carbocycles. The zero-order chi connectivity index (χ0) is 35.9. The van der Waals surface area contributed by atoms with Gasteiger partial charge in [0.1, 0.15) is 0 Å². The maximum Gasteiger partial charge on any atom is 0.219 e. The Hall–Kier alpha value is -1.70. The van der Waals surface area contributed by atoms with Gasteiger partial charge in [0.05, 0.1) is 74.4 Å². The van der Waals surface area contributed by atoms with Crippen LogP contribution in [0.3, 0.4) is 0 Å². The molecule has 0 aliphatic heterocycles. The molecule has 17 N–H and O–H groups in total. The molecule has 0 bridgehead atoms. The van der Waals surface area contributed by atoms with Crippen molar-refractivity contribution >= 4 is 11.8 Å². The number of nitrogens with one attached hydrogen (secondary N) is 3. The van der Waals surface area contributed by atoms with Crippen LogP contribution in [0, 0.1) is 0 Å². The Kier molecular flexibility index (Phi) is 79.6. The van der Waals surface area contributed by atoms with Gasteiger partial charge in [0.15, 0.2) is 0 Å². The number of nitrogens with zero attached hydrogens (tertiary/aromatic N) is 1. The van der Waals surface area contributed by atoms with Crippen LogP contribution >= 0.6 is 0 Å². The van der Waals surface area contributed by atoms with Gasteiger partial charge in [-0.2, -0.15) is 0 Å². The molecule has 0 saturated heterocycles. The van der Waals surface area contributed by atoms with E-state index in [1.807, 2.05) is 20.9 Å². The minimum atomic E-state index is -0.0675. The average molecular weight is 657 g/mol. The standard InChI is InChI=1S/C6H17N2O.C5H12N2O2.C4H10N2O2.C3H10N2O.C3H9NO.C2H7NO.CH5NO/c1-8(2,3)5-4-6-9-7;1-2-5(8)7-3-4-9-6;1-4(7)6-2-3-8-5;1-5-2-3-6-4;1-2-3-5-4;1-2-4-3;1-3-2/h4-7H2,1-3H3;2-4,6H2,1H3,(H,7,8);2-3,5H2,1H3,(H,6,7);5H,2-4H2,1H3;2-4H2,1H3;2-3H2,1H3;2H2,1H3/q+1;;;;;;. The number of amides is 2. The molecule has 0 atom stereocenters. The Morgan fingerprint density at radius 2 is 1.05 bits per heavy atom. The smallest absolute Gasteiger partial charge is 0.219 e. The third-order valence-electron chi connectivity index (χ3n) is 3.51. The van der Waals surface area contributed by atoms with Crippen LogP contribution in [-0.2, 0) is 43.5 Å². The van der Waals surface area contributed by atoms with Gasteiger partial charge in [-0.25, -0.2) is 41.3 Å². The Morgan fingerprint density at radius 1 is 0.659 bits per heavy atom. The molecule has 0 aromatic heterocycles. The molecule has 0 saturated carbocycles. The summed E-state index contributed by atoms with van der Waals surface area (Å²) >= 11 is 0. The number of hydrogen-bond donors (Lipinski definition) is 10. The number of rotatable bonds is 17. The number of nitrogens with two attached hydrogens (primary N) is 7. The van der Waals surface area contributed by atoms with Gasteiger partial charge in [-0.15, -0.1) is 0 Å². The van der Waals surface area contributed by atoms with Crippen molar-refractivity contribution in [1.29, 1.82) is 0 Å². The van der Waals surface area contributed by atoms with Crippen molar-refractivity contribution < 1.29 is 47.9 Å². The fourth-order valence-electron chi connectivity index (χ4n) is 1.56. The van der Waals surface area contributed by atoms with E-state index >= 15 is 0 Å². The molecular formula is C24H70N11O9+. The van der Waals surface area contributed by atoms with Crippen molar-refractivity contribution in [3.8, 4) is 0 Å². The molecule has 20 heteroatoms. The average Bonchev–Trinajstić information content (AvgIpc) is 2.98. The predicted molar refractivity (Wildman–Crippen MR) is 171 cm³/mol. The third-order valence-corrected chi connectivity index (χ3v) is 3.51. The van der Waals surface area contributed by atoms with E-state index in [4.69, 9.17) is 11.8 Å². The third kappa shape index (κ3) is 125. The molecule has 2 amide bonds. The van der Waals surface area contributed by atoms with Crippen LogP contribution in [0.15, 0.2) is 0 Å². The Balaban J connectivity index is -0.0000000747. The van der Waals surface area contributed by atoms with Crippen molar-refractivity contribution in [2.45, 2.75) is 47.0 Å². The summed E-state index contributed by atoms with van der Waals surface area (Å²) in [6.07, 6.45) is 2.53. The van der Waals surface area contributed by atoms with Gasteiger partial charge in [-0.3, -0.25) is 9.59 Å². The largest absolute Gasteiger partial charge is 0.354 e. The monoisotopic (exact) mass is 657 g/mol. The summed E-state index contributed by atoms with van der Waals surface area (Å²) in [6, 6.07) is 0. The SMILES string of the molecule is CC(=O)NCCON.CCC(=O)NCCON.CCCON.CCON.CNCCON.CON.C[N+](C)(C)CCCON. The van der Waals surface area contributed by atoms with E-state index in [0.29, 0.717) is 59.2 Å². The Morgan fingerprint density at radius 3 is 1.27 bits per heavy atom. The van der Waals surface area contributed by atoms with Crippen LogP contribution in [0.2, 0.25) is 0 Å². The second-order valence-corrected chi connectivity index (χ2v) is 8.70. The van der Waals surface area contributed by atoms with Crippen molar-refractivity contribution in [2.75, 3.05) is 101 Å². The lowest BCUT2D eigenvalue weighted by Crippen LogP contribution is -2.35. The first kappa shape index (κ1) is 57.9. The molecule has 0 aliphatic rings. The van der Waals surface area contributed by atoms with E-state index in [2.05, 4.69) is 100 Å². The molecule has 0 aromatic carbocycles. The van der Waals surface area contributed by atoms with E-state index < -0.39 is 0 Å². The van der Waals surface area contributed by atoms with Crippen molar-refractivity contribution in [2.24, 2.45) is 41.3 Å². The van der Waals surface area contributed by atoms with Crippen molar-refractivity contribution in [3.63, 3.8) is 0 Å². The van der Waals surface area contributed by atoms with Gasteiger partial charge in [0.25, 0.3) is 0 Å². The van der Waals surface area contributed by atoms with Gasteiger partial charge >= 0.3 is 0 Å². The summed E-state index contributed by atoms with van der Waals surface area (Å²) < 4.78 is 0.976. The minimum Gasteiger partial charge on any atom is -0.354 e. The summed E-state index contributed by atoms with van der Waals surface area (Å²) in [4.78, 5) is 49.6. The number of hydrogen-bond acceptors (Lipinski definition) is 17. The highest BCUT2D eigenvalue weighted by atomic mass is 16.6. The molecule has 274 valence electrons. The summed E-state index contributed by atoms with van der Waals surface area (Å²) in [5.74, 6) is 32.4. The molecule has 0 radical (unpaired) electrons. The van der Waals surface area contributed by atoms with E-state index in [0.717, 1.165) is 30.4 Å². The first-order valence-electron chi connectivity index (χ1n) is 13.9. The molecule has 20 nitrogen and oxygen atoms in total. The summed E-state index contributed by atoms with van der Waals surface area (Å²) in [6.45, 7) is 13.2. The highest BCUT2D eigenvalue weighted by Crippen LogP contribution is 1.92. The molecule has 0 aromatic rings. The molecule has 0 unspecified atom stereocenters. The maximum absolute atomic E-state index is 10.5. The van der Waals surface area contributed by atoms with Gasteiger partial charge in [-0.05, 0) is 20.4 Å². The topological polar surface area (TPSA) is 317 Å². The second kappa shape index (κ2) is 60.5. The normalized spacial score (nSPS) is 9.18. The van der Waals surface area contributed by atoms with E-state index in [1.54, 1.807) is 6.92 Å². The quantitative estimate of drug-likeness (QED) is 0.0428. The molecule has 0 rings (SSSR count). The van der Waals surface area contributed by atoms with Gasteiger partial charge in [0, 0.05) is 39.4 Å². The number of quaternary nitrogens is 1. The van der Waals surface area contributed by atoms with Crippen LogP contribution < -0.4 is 57.2 Å². The highest BCUT2D eigenvalue weighted by Gasteiger charge is 2.04. The van der Waals surface area contributed by atoms with Gasteiger partial charge in [-0.1, -0.05) is 13.8 Å². The second-order valence-electron chi connectivity index (χ2n) is 8.70.